The van der Waals surface area contributed by atoms with Crippen LogP contribution in [-0.2, 0) is 10.0 Å². The van der Waals surface area contributed by atoms with Crippen molar-refractivity contribution in [2.45, 2.75) is 10.8 Å². The molecule has 0 aliphatic heterocycles. The third-order valence-corrected chi connectivity index (χ3v) is 4.33. The summed E-state index contributed by atoms with van der Waals surface area (Å²) in [6.07, 6.45) is 0. The first-order chi connectivity index (χ1) is 8.86. The number of sulfonamides is 1. The quantitative estimate of drug-likeness (QED) is 0.841. The van der Waals surface area contributed by atoms with E-state index >= 15 is 0 Å². The van der Waals surface area contributed by atoms with Gasteiger partial charge >= 0.3 is 0 Å². The zero-order valence-corrected chi connectivity index (χ0v) is 11.1. The van der Waals surface area contributed by atoms with Crippen LogP contribution in [0.15, 0.2) is 23.1 Å². The zero-order chi connectivity index (χ0) is 14.1. The molecule has 10 heteroatoms. The van der Waals surface area contributed by atoms with Crippen molar-refractivity contribution >= 4 is 32.8 Å². The van der Waals surface area contributed by atoms with Crippen molar-refractivity contribution in [1.29, 1.82) is 0 Å². The van der Waals surface area contributed by atoms with Crippen molar-refractivity contribution in [1.82, 2.24) is 13.5 Å². The summed E-state index contributed by atoms with van der Waals surface area (Å²) in [5, 5.41) is 0. The summed E-state index contributed by atoms with van der Waals surface area (Å²) in [4.78, 5) is -0.174. The minimum atomic E-state index is -4.08. The molecule has 0 bridgehead atoms. The Morgan fingerprint density at radius 2 is 2.11 bits per heavy atom. The smallest absolute Gasteiger partial charge is 0.273 e. The molecule has 0 aliphatic rings. The highest BCUT2D eigenvalue weighted by molar-refractivity contribution is 7.89. The van der Waals surface area contributed by atoms with Gasteiger partial charge in [-0.3, -0.25) is 0 Å². The fourth-order valence-corrected chi connectivity index (χ4v) is 3.18. The Bertz CT molecular complexity index is 686. The molecule has 0 saturated heterocycles. The van der Waals surface area contributed by atoms with E-state index < -0.39 is 29.0 Å². The minimum Gasteiger partial charge on any atom is -0.325 e. The monoisotopic (exact) mass is 308 g/mol. The molecule has 1 aromatic heterocycles. The molecule has 2 aromatic rings. The Hall–Kier alpha value is -1.23. The van der Waals surface area contributed by atoms with Gasteiger partial charge in [0.2, 0.25) is 10.0 Å². The van der Waals surface area contributed by atoms with Crippen LogP contribution in [-0.4, -0.2) is 36.2 Å². The Balaban J connectivity index is 2.32. The van der Waals surface area contributed by atoms with Crippen LogP contribution in [0.4, 0.5) is 8.78 Å². The van der Waals surface area contributed by atoms with Gasteiger partial charge in [-0.25, -0.2) is 21.9 Å². The topological polar surface area (TPSA) is 98.0 Å². The average Bonchev–Trinajstić information content (AvgIpc) is 2.84. The van der Waals surface area contributed by atoms with Crippen molar-refractivity contribution in [2.24, 2.45) is 5.73 Å². The summed E-state index contributed by atoms with van der Waals surface area (Å²) in [6.45, 7) is -1.99. The van der Waals surface area contributed by atoms with Crippen LogP contribution in [0.5, 0.6) is 0 Å². The SMILES string of the molecule is NCC(F)(F)CNS(=O)(=O)c1cccc2nsnc12. The Labute approximate surface area is 112 Å². The predicted molar refractivity (Wildman–Crippen MR) is 66.6 cm³/mol. The van der Waals surface area contributed by atoms with Crippen molar-refractivity contribution in [2.75, 3.05) is 13.1 Å². The van der Waals surface area contributed by atoms with Gasteiger partial charge in [-0.2, -0.15) is 8.75 Å². The maximum Gasteiger partial charge on any atom is 0.273 e. The van der Waals surface area contributed by atoms with Gasteiger partial charge < -0.3 is 5.73 Å². The summed E-state index contributed by atoms with van der Waals surface area (Å²) in [6, 6.07) is 4.35. The molecule has 3 N–H and O–H groups in total. The van der Waals surface area contributed by atoms with E-state index in [0.717, 1.165) is 11.7 Å². The summed E-state index contributed by atoms with van der Waals surface area (Å²) in [5.74, 6) is -3.29. The third kappa shape index (κ3) is 3.03. The second-order valence-electron chi connectivity index (χ2n) is 3.77. The van der Waals surface area contributed by atoms with Gasteiger partial charge in [0.1, 0.15) is 15.9 Å². The van der Waals surface area contributed by atoms with Gasteiger partial charge in [-0.1, -0.05) is 6.07 Å². The molecular formula is C9H10F2N4O2S2. The van der Waals surface area contributed by atoms with Crippen molar-refractivity contribution in [3.05, 3.63) is 18.2 Å². The molecule has 6 nitrogen and oxygen atoms in total. The first-order valence-corrected chi connectivity index (χ1v) is 7.36. The van der Waals surface area contributed by atoms with Crippen LogP contribution >= 0.6 is 11.7 Å². The van der Waals surface area contributed by atoms with E-state index in [0.29, 0.717) is 5.52 Å². The van der Waals surface area contributed by atoms with Crippen LogP contribution in [0.3, 0.4) is 0 Å². The maximum atomic E-state index is 13.0. The van der Waals surface area contributed by atoms with Crippen LogP contribution < -0.4 is 10.5 Å². The van der Waals surface area contributed by atoms with Crippen LogP contribution in [0, 0.1) is 0 Å². The molecule has 0 atom stereocenters. The normalized spacial score (nSPS) is 13.0. The first kappa shape index (κ1) is 14.2. The molecule has 1 heterocycles. The number of nitrogens with two attached hydrogens (primary N) is 1. The molecule has 0 radical (unpaired) electrons. The van der Waals surface area contributed by atoms with E-state index in [4.69, 9.17) is 5.73 Å². The van der Waals surface area contributed by atoms with Gasteiger partial charge in [0.05, 0.1) is 24.8 Å². The minimum absolute atomic E-state index is 0.163. The van der Waals surface area contributed by atoms with Crippen molar-refractivity contribution in [3.8, 4) is 0 Å². The maximum absolute atomic E-state index is 13.0. The van der Waals surface area contributed by atoms with Crippen LogP contribution in [0.25, 0.3) is 11.0 Å². The number of aromatic nitrogens is 2. The summed E-state index contributed by atoms with van der Waals surface area (Å²) < 4.78 is 59.4. The second-order valence-corrected chi connectivity index (χ2v) is 6.04. The van der Waals surface area contributed by atoms with Crippen LogP contribution in [0.1, 0.15) is 0 Å². The number of nitrogens with one attached hydrogen (secondary N) is 1. The van der Waals surface area contributed by atoms with Crippen LogP contribution in [0.2, 0.25) is 0 Å². The van der Waals surface area contributed by atoms with Crippen molar-refractivity contribution < 1.29 is 17.2 Å². The van der Waals surface area contributed by atoms with Gasteiger partial charge in [0, 0.05) is 0 Å². The van der Waals surface area contributed by atoms with E-state index in [1.165, 1.54) is 12.1 Å². The standard InChI is InChI=1S/C9H10F2N4O2S2/c10-9(11,4-12)5-13-19(16,17)7-3-1-2-6-8(7)15-18-14-6/h1-3,13H,4-5,12H2. The molecule has 104 valence electrons. The lowest BCUT2D eigenvalue weighted by Gasteiger charge is -2.14. The van der Waals surface area contributed by atoms with E-state index in [1.807, 2.05) is 4.72 Å². The second kappa shape index (κ2) is 5.04. The highest BCUT2D eigenvalue weighted by Gasteiger charge is 2.30. The molecule has 1 aromatic carbocycles. The van der Waals surface area contributed by atoms with Gasteiger partial charge in [-0.05, 0) is 12.1 Å². The number of rotatable bonds is 5. The number of hydrogen-bond donors (Lipinski definition) is 2. The van der Waals surface area contributed by atoms with Gasteiger partial charge in [0.15, 0.2) is 0 Å². The molecule has 0 saturated carbocycles. The van der Waals surface area contributed by atoms with Gasteiger partial charge in [-0.15, -0.1) is 0 Å². The highest BCUT2D eigenvalue weighted by Crippen LogP contribution is 2.21. The summed E-state index contributed by atoms with van der Waals surface area (Å²) in [7, 11) is -4.08. The number of alkyl halides is 2. The average molecular weight is 308 g/mol. The molecule has 2 rings (SSSR count). The van der Waals surface area contributed by atoms with E-state index in [2.05, 4.69) is 8.75 Å². The largest absolute Gasteiger partial charge is 0.325 e. The highest BCUT2D eigenvalue weighted by atomic mass is 32.2. The zero-order valence-electron chi connectivity index (χ0n) is 9.51. The Kier molecular flexibility index (Phi) is 3.76. The molecule has 0 amide bonds. The van der Waals surface area contributed by atoms with Gasteiger partial charge in [0.25, 0.3) is 5.92 Å². The number of halogens is 2. The number of benzene rings is 1. The predicted octanol–water partition coefficient (Wildman–Crippen LogP) is 0.564. The fraction of sp³-hybridized carbons (Fsp3) is 0.333. The Morgan fingerprint density at radius 1 is 1.37 bits per heavy atom. The summed E-state index contributed by atoms with van der Waals surface area (Å²) >= 11 is 0.851. The lowest BCUT2D eigenvalue weighted by molar-refractivity contribution is 0.0170. The van der Waals surface area contributed by atoms with Crippen molar-refractivity contribution in [3.63, 3.8) is 0 Å². The molecule has 0 fully saturated rings. The van der Waals surface area contributed by atoms with E-state index in [-0.39, 0.29) is 10.4 Å². The lowest BCUT2D eigenvalue weighted by atomic mass is 10.3. The number of nitrogens with zero attached hydrogens (tertiary/aromatic N) is 2. The molecule has 0 aliphatic carbocycles. The molecule has 0 unspecified atom stereocenters. The number of hydrogen-bond acceptors (Lipinski definition) is 6. The number of fused-ring (bicyclic) bond motifs is 1. The molecule has 0 spiro atoms. The first-order valence-electron chi connectivity index (χ1n) is 5.14. The lowest BCUT2D eigenvalue weighted by Crippen LogP contribution is -2.41. The Morgan fingerprint density at radius 3 is 2.79 bits per heavy atom. The third-order valence-electron chi connectivity index (χ3n) is 2.36. The fourth-order valence-electron chi connectivity index (χ4n) is 1.35. The molecule has 19 heavy (non-hydrogen) atoms. The summed E-state index contributed by atoms with van der Waals surface area (Å²) in [5.41, 5.74) is 5.41. The molecular weight excluding hydrogens is 298 g/mol. The van der Waals surface area contributed by atoms with E-state index in [1.54, 1.807) is 6.07 Å². The van der Waals surface area contributed by atoms with E-state index in [9.17, 15) is 17.2 Å².